The molecule has 0 amide bonds. The van der Waals surface area contributed by atoms with E-state index >= 15 is 0 Å². The number of rotatable bonds is 7. The lowest BCUT2D eigenvalue weighted by Gasteiger charge is -2.32. The Kier molecular flexibility index (Phi) is 6.81. The van der Waals surface area contributed by atoms with Gasteiger partial charge in [0.25, 0.3) is 0 Å². The number of carbonyl (C=O) groups is 3. The van der Waals surface area contributed by atoms with Crippen molar-refractivity contribution in [2.75, 3.05) is 6.61 Å². The van der Waals surface area contributed by atoms with E-state index in [-0.39, 0.29) is 30.3 Å². The number of aromatic hydroxyl groups is 2. The highest BCUT2D eigenvalue weighted by atomic mass is 16.6. The fourth-order valence-electron chi connectivity index (χ4n) is 2.82. The van der Waals surface area contributed by atoms with Gasteiger partial charge in [-0.15, -0.1) is 0 Å². The Bertz CT molecular complexity index is 739. The van der Waals surface area contributed by atoms with E-state index in [1.54, 1.807) is 13.0 Å². The van der Waals surface area contributed by atoms with Gasteiger partial charge >= 0.3 is 11.9 Å². The Morgan fingerprint density at radius 3 is 2.63 bits per heavy atom. The Morgan fingerprint density at radius 1 is 1.26 bits per heavy atom. The van der Waals surface area contributed by atoms with Crippen LogP contribution in [0.15, 0.2) is 30.2 Å². The van der Waals surface area contributed by atoms with Crippen molar-refractivity contribution in [3.8, 4) is 11.5 Å². The normalized spacial score (nSPS) is 21.6. The first-order valence-corrected chi connectivity index (χ1v) is 8.47. The molecule has 8 nitrogen and oxygen atoms in total. The molecule has 0 aromatic heterocycles. The molecule has 1 heterocycles. The van der Waals surface area contributed by atoms with Gasteiger partial charge in [-0.25, -0.2) is 0 Å². The number of allylic oxidation sites excluding steroid dienone is 1. The fraction of sp³-hybridized carbons (Fsp3) is 0.421. The monoisotopic (exact) mass is 378 g/mol. The minimum absolute atomic E-state index is 0.0557. The quantitative estimate of drug-likeness (QED) is 0.419. The number of hydrogen-bond donors (Lipinski definition) is 2. The molecular formula is C19H22O8. The molecule has 0 saturated carbocycles. The number of phenols is 2. The lowest BCUT2D eigenvalue weighted by Crippen LogP contribution is -2.36. The van der Waals surface area contributed by atoms with E-state index in [2.05, 4.69) is 0 Å². The van der Waals surface area contributed by atoms with Crippen LogP contribution >= 0.6 is 0 Å². The van der Waals surface area contributed by atoms with E-state index < -0.39 is 29.9 Å². The van der Waals surface area contributed by atoms with Crippen molar-refractivity contribution in [2.45, 2.75) is 32.8 Å². The molecule has 8 heteroatoms. The summed E-state index contributed by atoms with van der Waals surface area (Å²) in [4.78, 5) is 34.8. The molecule has 1 aliphatic rings. The van der Waals surface area contributed by atoms with Crippen LogP contribution in [0.25, 0.3) is 0 Å². The van der Waals surface area contributed by atoms with Gasteiger partial charge in [-0.2, -0.15) is 0 Å². The van der Waals surface area contributed by atoms with Crippen LogP contribution in [-0.4, -0.2) is 41.1 Å². The molecule has 27 heavy (non-hydrogen) atoms. The second kappa shape index (κ2) is 9.07. The third-order valence-electron chi connectivity index (χ3n) is 4.27. The number of hydrogen-bond acceptors (Lipinski definition) is 8. The predicted octanol–water partition coefficient (Wildman–Crippen LogP) is 1.83. The zero-order valence-electron chi connectivity index (χ0n) is 15.1. The standard InChI is InChI=1S/C19H22O8/c1-11-15(9-20)14(18(10-26-11)27-12(2)21)8-19(24)25-6-5-13-3-4-16(22)17(23)7-13/h3-4,7,9-11,14-15,22-23H,5-6,8H2,1-2H3. The molecule has 0 spiro atoms. The first-order valence-electron chi connectivity index (χ1n) is 8.47. The van der Waals surface area contributed by atoms with Crippen molar-refractivity contribution >= 4 is 18.2 Å². The van der Waals surface area contributed by atoms with Gasteiger partial charge < -0.3 is 29.2 Å². The second-order valence-electron chi connectivity index (χ2n) is 6.27. The van der Waals surface area contributed by atoms with Crippen molar-refractivity contribution in [3.05, 3.63) is 35.8 Å². The van der Waals surface area contributed by atoms with Gasteiger partial charge in [0.05, 0.1) is 18.9 Å². The molecule has 3 unspecified atom stereocenters. The second-order valence-corrected chi connectivity index (χ2v) is 6.27. The average Bonchev–Trinajstić information content (AvgIpc) is 2.60. The Balaban J connectivity index is 1.95. The van der Waals surface area contributed by atoms with Gasteiger partial charge in [-0.05, 0) is 24.6 Å². The van der Waals surface area contributed by atoms with Crippen LogP contribution < -0.4 is 0 Å². The molecule has 3 atom stereocenters. The maximum absolute atomic E-state index is 12.2. The zero-order valence-corrected chi connectivity index (χ0v) is 15.1. The maximum Gasteiger partial charge on any atom is 0.307 e. The molecule has 1 aromatic rings. The van der Waals surface area contributed by atoms with Crippen LogP contribution in [0.5, 0.6) is 11.5 Å². The molecule has 1 aromatic carbocycles. The average molecular weight is 378 g/mol. The van der Waals surface area contributed by atoms with Gasteiger partial charge in [0, 0.05) is 19.3 Å². The van der Waals surface area contributed by atoms with Crippen LogP contribution in [0.1, 0.15) is 25.8 Å². The molecule has 0 aliphatic carbocycles. The smallest absolute Gasteiger partial charge is 0.307 e. The van der Waals surface area contributed by atoms with Crippen LogP contribution in [-0.2, 0) is 35.0 Å². The number of aldehydes is 1. The van der Waals surface area contributed by atoms with Crippen molar-refractivity contribution in [1.82, 2.24) is 0 Å². The summed E-state index contributed by atoms with van der Waals surface area (Å²) in [6.45, 7) is 2.97. The van der Waals surface area contributed by atoms with Crippen molar-refractivity contribution in [2.24, 2.45) is 11.8 Å². The van der Waals surface area contributed by atoms with Crippen molar-refractivity contribution in [3.63, 3.8) is 0 Å². The van der Waals surface area contributed by atoms with Gasteiger partial charge in [0.1, 0.15) is 24.4 Å². The largest absolute Gasteiger partial charge is 0.504 e. The van der Waals surface area contributed by atoms with Gasteiger partial charge in [0.15, 0.2) is 11.5 Å². The fourth-order valence-corrected chi connectivity index (χ4v) is 2.82. The molecule has 0 radical (unpaired) electrons. The van der Waals surface area contributed by atoms with E-state index in [0.717, 1.165) is 0 Å². The molecule has 1 aliphatic heterocycles. The molecule has 2 rings (SSSR count). The third-order valence-corrected chi connectivity index (χ3v) is 4.27. The minimum atomic E-state index is -0.652. The lowest BCUT2D eigenvalue weighted by molar-refractivity contribution is -0.149. The molecule has 2 N–H and O–H groups in total. The van der Waals surface area contributed by atoms with Gasteiger partial charge in [0.2, 0.25) is 0 Å². The minimum Gasteiger partial charge on any atom is -0.504 e. The third kappa shape index (κ3) is 5.47. The highest BCUT2D eigenvalue weighted by Crippen LogP contribution is 2.33. The first kappa shape index (κ1) is 20.3. The number of carbonyl (C=O) groups excluding carboxylic acids is 3. The van der Waals surface area contributed by atoms with Crippen molar-refractivity contribution < 1.29 is 38.8 Å². The van der Waals surface area contributed by atoms with Crippen LogP contribution in [0.4, 0.5) is 0 Å². The van der Waals surface area contributed by atoms with E-state index in [0.29, 0.717) is 18.3 Å². The Labute approximate surface area is 156 Å². The van der Waals surface area contributed by atoms with E-state index in [1.165, 1.54) is 25.3 Å². The Hall–Kier alpha value is -3.03. The molecule has 0 bridgehead atoms. The topological polar surface area (TPSA) is 119 Å². The molecule has 0 saturated heterocycles. The zero-order chi connectivity index (χ0) is 20.0. The van der Waals surface area contributed by atoms with Gasteiger partial charge in [-0.3, -0.25) is 9.59 Å². The van der Waals surface area contributed by atoms with Crippen LogP contribution in [0, 0.1) is 11.8 Å². The number of phenolic OH excluding ortho intramolecular Hbond substituents is 2. The SMILES string of the molecule is CC(=O)OC1=COC(C)C(C=O)C1CC(=O)OCCc1ccc(O)c(O)c1. The molecule has 146 valence electrons. The van der Waals surface area contributed by atoms with Crippen LogP contribution in [0.2, 0.25) is 0 Å². The Morgan fingerprint density at radius 2 is 2.00 bits per heavy atom. The number of esters is 2. The summed E-state index contributed by atoms with van der Waals surface area (Å²) in [6, 6.07) is 4.33. The van der Waals surface area contributed by atoms with E-state index in [4.69, 9.17) is 14.2 Å². The number of ether oxygens (including phenoxy) is 3. The molecule has 0 fully saturated rings. The van der Waals surface area contributed by atoms with E-state index in [1.807, 2.05) is 0 Å². The maximum atomic E-state index is 12.2. The van der Waals surface area contributed by atoms with Gasteiger partial charge in [-0.1, -0.05) is 6.07 Å². The van der Waals surface area contributed by atoms with Crippen molar-refractivity contribution in [1.29, 1.82) is 0 Å². The summed E-state index contributed by atoms with van der Waals surface area (Å²) in [7, 11) is 0. The summed E-state index contributed by atoms with van der Waals surface area (Å²) >= 11 is 0. The van der Waals surface area contributed by atoms with Crippen LogP contribution in [0.3, 0.4) is 0 Å². The first-order chi connectivity index (χ1) is 12.8. The summed E-state index contributed by atoms with van der Waals surface area (Å²) < 4.78 is 15.6. The predicted molar refractivity (Wildman–Crippen MR) is 92.5 cm³/mol. The summed E-state index contributed by atoms with van der Waals surface area (Å²) in [5, 5.41) is 18.7. The summed E-state index contributed by atoms with van der Waals surface area (Å²) in [5.41, 5.74) is 0.684. The molecular weight excluding hydrogens is 356 g/mol. The highest BCUT2D eigenvalue weighted by molar-refractivity contribution is 5.72. The number of benzene rings is 1. The lowest BCUT2D eigenvalue weighted by atomic mass is 9.84. The highest BCUT2D eigenvalue weighted by Gasteiger charge is 2.38. The summed E-state index contributed by atoms with van der Waals surface area (Å²) in [6.07, 6.45) is 1.67. The summed E-state index contributed by atoms with van der Waals surface area (Å²) in [5.74, 6) is -2.78. The van der Waals surface area contributed by atoms with E-state index in [9.17, 15) is 24.6 Å².